The van der Waals surface area contributed by atoms with Crippen LogP contribution in [-0.4, -0.2) is 52.3 Å². The van der Waals surface area contributed by atoms with Gasteiger partial charge >= 0.3 is 6.09 Å². The number of hydrogen-bond acceptors (Lipinski definition) is 5. The number of fused-ring (bicyclic) bond motifs is 1. The van der Waals surface area contributed by atoms with Gasteiger partial charge in [-0.05, 0) is 26.8 Å². The molecule has 0 spiro atoms. The van der Waals surface area contributed by atoms with E-state index in [0.717, 1.165) is 22.5 Å². The van der Waals surface area contributed by atoms with Crippen LogP contribution in [0.3, 0.4) is 0 Å². The molecule has 2 rings (SSSR count). The quantitative estimate of drug-likeness (QED) is 0.742. The number of carbonyl (C=O) groups is 1. The van der Waals surface area contributed by atoms with Crippen LogP contribution in [0.1, 0.15) is 26.6 Å². The van der Waals surface area contributed by atoms with Crippen molar-refractivity contribution in [1.29, 1.82) is 0 Å². The lowest BCUT2D eigenvalue weighted by molar-refractivity contribution is 0.0528. The van der Waals surface area contributed by atoms with Gasteiger partial charge in [0.25, 0.3) is 0 Å². The van der Waals surface area contributed by atoms with Crippen LogP contribution >= 0.6 is 0 Å². The van der Waals surface area contributed by atoms with Crippen LogP contribution in [-0.2, 0) is 17.7 Å². The molecule has 0 saturated carbocycles. The van der Waals surface area contributed by atoms with Gasteiger partial charge in [0, 0.05) is 25.7 Å². The van der Waals surface area contributed by atoms with Crippen molar-refractivity contribution in [3.63, 3.8) is 0 Å². The summed E-state index contributed by atoms with van der Waals surface area (Å²) in [6, 6.07) is 1.96. The Hall–Kier alpha value is -2.09. The number of alkyl carbamates (subject to hydrolysis) is 1. The summed E-state index contributed by atoms with van der Waals surface area (Å²) in [6.07, 6.45) is 1.87. The van der Waals surface area contributed by atoms with Gasteiger partial charge in [-0.3, -0.25) is 0 Å². The van der Waals surface area contributed by atoms with Crippen molar-refractivity contribution in [2.24, 2.45) is 0 Å². The largest absolute Gasteiger partial charge is 0.444 e. The number of hydrogen-bond donors (Lipinski definition) is 2. The van der Waals surface area contributed by atoms with Crippen molar-refractivity contribution in [3.8, 4) is 0 Å². The van der Waals surface area contributed by atoms with E-state index in [0.29, 0.717) is 19.5 Å². The Morgan fingerprint density at radius 3 is 2.87 bits per heavy atom. The molecular weight excluding hydrogens is 295 g/mol. The second-order valence-corrected chi connectivity index (χ2v) is 6.44. The van der Waals surface area contributed by atoms with E-state index >= 15 is 0 Å². The van der Waals surface area contributed by atoms with E-state index in [4.69, 9.17) is 4.74 Å². The number of carbonyl (C=O) groups excluding carboxylic acids is 1. The fourth-order valence-corrected chi connectivity index (χ4v) is 2.27. The third kappa shape index (κ3) is 4.69. The number of nitrogens with one attached hydrogen (secondary N) is 1. The van der Waals surface area contributed by atoms with Gasteiger partial charge in [0.15, 0.2) is 5.65 Å². The van der Waals surface area contributed by atoms with Gasteiger partial charge in [0.1, 0.15) is 24.8 Å². The first kappa shape index (κ1) is 17.3. The highest BCUT2D eigenvalue weighted by Gasteiger charge is 2.16. The second-order valence-electron chi connectivity index (χ2n) is 6.44. The summed E-state index contributed by atoms with van der Waals surface area (Å²) < 4.78 is 7.08. The van der Waals surface area contributed by atoms with E-state index in [1.807, 2.05) is 39.3 Å². The second kappa shape index (κ2) is 7.00. The molecule has 0 aliphatic heterocycles. The summed E-state index contributed by atoms with van der Waals surface area (Å²) in [7, 11) is 1.96. The molecule has 0 unspecified atom stereocenters. The highest BCUT2D eigenvalue weighted by Crippen LogP contribution is 2.13. The molecule has 0 saturated heterocycles. The molecule has 0 bridgehead atoms. The zero-order valence-corrected chi connectivity index (χ0v) is 14.1. The smallest absolute Gasteiger partial charge is 0.407 e. The van der Waals surface area contributed by atoms with Crippen LogP contribution < -0.4 is 10.8 Å². The molecule has 124 valence electrons. The Morgan fingerprint density at radius 1 is 1.48 bits per heavy atom. The zero-order chi connectivity index (χ0) is 17.0. The van der Waals surface area contributed by atoms with E-state index in [9.17, 15) is 9.90 Å². The van der Waals surface area contributed by atoms with Crippen molar-refractivity contribution in [2.45, 2.75) is 39.3 Å². The number of rotatable bonds is 5. The minimum absolute atomic E-state index is 0.00745. The topological polar surface area (TPSA) is 89.3 Å². The minimum Gasteiger partial charge on any atom is -0.444 e. The summed E-state index contributed by atoms with van der Waals surface area (Å²) in [5.74, 6) is 0.781. The molecule has 0 aliphatic rings. The lowest BCUT2D eigenvalue weighted by Crippen LogP contribution is -2.33. The van der Waals surface area contributed by atoms with Crippen LogP contribution in [0.25, 0.3) is 11.2 Å². The Morgan fingerprint density at radius 2 is 2.22 bits per heavy atom. The number of aliphatic hydroxyl groups excluding tert-OH is 1. The highest BCUT2D eigenvalue weighted by molar-refractivity contribution is 6.32. The van der Waals surface area contributed by atoms with Gasteiger partial charge in [-0.1, -0.05) is 5.46 Å². The maximum Gasteiger partial charge on any atom is 0.407 e. The molecule has 2 aromatic rings. The predicted molar refractivity (Wildman–Crippen MR) is 90.7 cm³/mol. The third-order valence-electron chi connectivity index (χ3n) is 3.14. The number of pyridine rings is 1. The molecular formula is C15H23BN4O3. The van der Waals surface area contributed by atoms with Crippen molar-refractivity contribution in [3.05, 3.63) is 18.1 Å². The van der Waals surface area contributed by atoms with Crippen LogP contribution in [0.15, 0.2) is 12.3 Å². The normalized spacial score (nSPS) is 11.7. The van der Waals surface area contributed by atoms with Crippen LogP contribution in [0.2, 0.25) is 0 Å². The lowest BCUT2D eigenvalue weighted by atomic mass is 9.99. The van der Waals surface area contributed by atoms with Crippen LogP contribution in [0.4, 0.5) is 4.79 Å². The molecule has 23 heavy (non-hydrogen) atoms. The molecule has 2 heterocycles. The number of aromatic nitrogens is 3. The molecule has 0 aliphatic carbocycles. The van der Waals surface area contributed by atoms with E-state index in [-0.39, 0.29) is 6.61 Å². The number of ether oxygens (including phenoxy) is 1. The lowest BCUT2D eigenvalue weighted by Gasteiger charge is -2.19. The predicted octanol–water partition coefficient (Wildman–Crippen LogP) is -0.251. The van der Waals surface area contributed by atoms with Crippen LogP contribution in [0.5, 0.6) is 0 Å². The number of nitrogens with zero attached hydrogens (tertiary/aromatic N) is 3. The summed E-state index contributed by atoms with van der Waals surface area (Å²) in [4.78, 5) is 20.6. The summed E-state index contributed by atoms with van der Waals surface area (Å²) in [5, 5.41) is 12.0. The average Bonchev–Trinajstić information content (AvgIpc) is 2.74. The molecule has 0 radical (unpaired) electrons. The first-order valence-corrected chi connectivity index (χ1v) is 7.69. The van der Waals surface area contributed by atoms with E-state index in [2.05, 4.69) is 15.3 Å². The summed E-state index contributed by atoms with van der Waals surface area (Å²) in [5.41, 5.74) is 2.06. The molecule has 0 atom stereocenters. The monoisotopic (exact) mass is 318 g/mol. The van der Waals surface area contributed by atoms with Crippen molar-refractivity contribution < 1.29 is 14.6 Å². The number of aliphatic hydroxyl groups is 1. The Labute approximate surface area is 136 Å². The fourth-order valence-electron chi connectivity index (χ4n) is 2.27. The van der Waals surface area contributed by atoms with Gasteiger partial charge < -0.3 is 19.7 Å². The maximum absolute atomic E-state index is 11.7. The standard InChI is InChI=1S/C15H23BN4O3/c1-15(2,3)23-14(22)17-5-4-12-19-11-8-10(16)9-18-13(11)20(12)6-7-21/h8-9,21H,4-7,16H2,1-3H3,(H,17,22). The van der Waals surface area contributed by atoms with Gasteiger partial charge in [-0.25, -0.2) is 14.8 Å². The molecule has 2 aromatic heterocycles. The van der Waals surface area contributed by atoms with Gasteiger partial charge in [-0.15, -0.1) is 0 Å². The van der Waals surface area contributed by atoms with Crippen molar-refractivity contribution >= 4 is 30.6 Å². The Bertz CT molecular complexity index is 694. The molecule has 0 aromatic carbocycles. The highest BCUT2D eigenvalue weighted by atomic mass is 16.6. The summed E-state index contributed by atoms with van der Waals surface area (Å²) in [6.45, 7) is 6.30. The van der Waals surface area contributed by atoms with Crippen molar-refractivity contribution in [1.82, 2.24) is 19.9 Å². The molecule has 0 fully saturated rings. The first-order chi connectivity index (χ1) is 10.8. The minimum atomic E-state index is -0.518. The maximum atomic E-state index is 11.7. The Balaban J connectivity index is 2.07. The van der Waals surface area contributed by atoms with E-state index in [1.165, 1.54) is 0 Å². The molecule has 7 nitrogen and oxygen atoms in total. The SMILES string of the molecule is Bc1cnc2c(c1)nc(CCNC(=O)OC(C)(C)C)n2CCO. The number of amides is 1. The molecule has 2 N–H and O–H groups in total. The van der Waals surface area contributed by atoms with E-state index < -0.39 is 11.7 Å². The van der Waals surface area contributed by atoms with E-state index in [1.54, 1.807) is 6.20 Å². The summed E-state index contributed by atoms with van der Waals surface area (Å²) >= 11 is 0. The molecule has 1 amide bonds. The fraction of sp³-hybridized carbons (Fsp3) is 0.533. The zero-order valence-electron chi connectivity index (χ0n) is 14.1. The van der Waals surface area contributed by atoms with Gasteiger partial charge in [-0.2, -0.15) is 0 Å². The average molecular weight is 318 g/mol. The van der Waals surface area contributed by atoms with Crippen molar-refractivity contribution in [2.75, 3.05) is 13.2 Å². The van der Waals surface area contributed by atoms with Gasteiger partial charge in [0.2, 0.25) is 0 Å². The Kier molecular flexibility index (Phi) is 5.25. The first-order valence-electron chi connectivity index (χ1n) is 7.69. The molecule has 8 heteroatoms. The van der Waals surface area contributed by atoms with Crippen LogP contribution in [0, 0.1) is 0 Å². The van der Waals surface area contributed by atoms with Gasteiger partial charge in [0.05, 0.1) is 6.61 Å². The third-order valence-corrected chi connectivity index (χ3v) is 3.14. The number of imidazole rings is 1.